The normalized spacial score (nSPS) is 30.6. The Morgan fingerprint density at radius 2 is 1.60 bits per heavy atom. The number of carbonyl (C=O) groups is 3. The minimum Gasteiger partial charge on any atom is -0.394 e. The lowest BCUT2D eigenvalue weighted by molar-refractivity contribution is -0.270. The number of rotatable bonds is 14. The summed E-state index contributed by atoms with van der Waals surface area (Å²) in [5.74, 6) is -0.798. The molecule has 2 fully saturated rings. The second-order valence-corrected chi connectivity index (χ2v) is 8.80. The lowest BCUT2D eigenvalue weighted by atomic mass is 9.97. The fourth-order valence-corrected chi connectivity index (χ4v) is 3.99. The molecule has 2 rings (SSSR count). The Labute approximate surface area is 204 Å². The molecule has 2 heterocycles. The zero-order valence-corrected chi connectivity index (χ0v) is 20.1. The molecule has 0 saturated carbocycles. The van der Waals surface area contributed by atoms with Crippen LogP contribution in [0.5, 0.6) is 0 Å². The zero-order valence-electron chi connectivity index (χ0n) is 20.1. The number of ether oxygens (including phenoxy) is 3. The Morgan fingerprint density at radius 3 is 2.23 bits per heavy atom. The fraction of sp³-hybridized carbons (Fsp3) is 0.864. The van der Waals surface area contributed by atoms with Crippen molar-refractivity contribution < 1.29 is 49.0 Å². The molecule has 0 aromatic carbocycles. The lowest BCUT2D eigenvalue weighted by Gasteiger charge is -2.42. The third kappa shape index (κ3) is 9.95. The Kier molecular flexibility index (Phi) is 12.8. The van der Waals surface area contributed by atoms with Crippen LogP contribution < -0.4 is 16.0 Å². The van der Waals surface area contributed by atoms with Gasteiger partial charge in [0.15, 0.2) is 6.29 Å². The monoisotopic (exact) mass is 505 g/mol. The van der Waals surface area contributed by atoms with Crippen LogP contribution in [-0.4, -0.2) is 114 Å². The van der Waals surface area contributed by atoms with Gasteiger partial charge in [-0.1, -0.05) is 0 Å². The second kappa shape index (κ2) is 15.3. The van der Waals surface area contributed by atoms with E-state index >= 15 is 0 Å². The van der Waals surface area contributed by atoms with Gasteiger partial charge in [0, 0.05) is 32.9 Å². The van der Waals surface area contributed by atoms with Gasteiger partial charge in [0.05, 0.1) is 32.0 Å². The highest BCUT2D eigenvalue weighted by atomic mass is 16.7. The molecule has 13 nitrogen and oxygen atoms in total. The summed E-state index contributed by atoms with van der Waals surface area (Å²) in [7, 11) is 0. The van der Waals surface area contributed by atoms with E-state index in [4.69, 9.17) is 19.3 Å². The summed E-state index contributed by atoms with van der Waals surface area (Å²) in [6.45, 7) is 1.54. The summed E-state index contributed by atoms with van der Waals surface area (Å²) in [6, 6.07) is -1.01. The van der Waals surface area contributed by atoms with Crippen LogP contribution in [0.2, 0.25) is 0 Å². The van der Waals surface area contributed by atoms with Crippen molar-refractivity contribution in [2.75, 3.05) is 32.9 Å². The maximum absolute atomic E-state index is 12.0. The lowest BCUT2D eigenvalue weighted by Crippen LogP contribution is -2.64. The van der Waals surface area contributed by atoms with Gasteiger partial charge in [-0.05, 0) is 25.7 Å². The Balaban J connectivity index is 1.57. The molecule has 0 aromatic heterocycles. The van der Waals surface area contributed by atoms with E-state index in [1.807, 2.05) is 0 Å². The van der Waals surface area contributed by atoms with Gasteiger partial charge in [0.1, 0.15) is 24.4 Å². The highest BCUT2D eigenvalue weighted by molar-refractivity contribution is 5.78. The summed E-state index contributed by atoms with van der Waals surface area (Å²) in [5, 5.41) is 46.6. The number of nitrogens with one attached hydrogen (secondary N) is 3. The smallest absolute Gasteiger partial charge is 0.220 e. The number of hydrogen-bond donors (Lipinski definition) is 7. The molecule has 0 bridgehead atoms. The molecular formula is C22H39N3O10. The van der Waals surface area contributed by atoms with Crippen LogP contribution in [0.25, 0.3) is 0 Å². The summed E-state index contributed by atoms with van der Waals surface area (Å²) >= 11 is 0. The van der Waals surface area contributed by atoms with Crippen molar-refractivity contribution in [1.82, 2.24) is 16.0 Å². The highest BCUT2D eigenvalue weighted by Crippen LogP contribution is 2.22. The predicted molar refractivity (Wildman–Crippen MR) is 121 cm³/mol. The molecule has 0 aromatic rings. The number of amides is 3. The molecular weight excluding hydrogens is 466 g/mol. The molecule has 2 aliphatic heterocycles. The van der Waals surface area contributed by atoms with Gasteiger partial charge < -0.3 is 50.6 Å². The molecule has 0 aliphatic carbocycles. The maximum Gasteiger partial charge on any atom is 0.220 e. The molecule has 0 unspecified atom stereocenters. The molecule has 35 heavy (non-hydrogen) atoms. The first-order chi connectivity index (χ1) is 16.7. The van der Waals surface area contributed by atoms with Crippen molar-refractivity contribution in [3.8, 4) is 0 Å². The molecule has 202 valence electrons. The van der Waals surface area contributed by atoms with E-state index in [0.717, 1.165) is 12.8 Å². The highest BCUT2D eigenvalue weighted by Gasteiger charge is 2.45. The Bertz CT molecular complexity index is 682. The topological polar surface area (TPSA) is 196 Å². The van der Waals surface area contributed by atoms with E-state index in [2.05, 4.69) is 16.0 Å². The van der Waals surface area contributed by atoms with Crippen LogP contribution in [0.15, 0.2) is 0 Å². The molecule has 2 aliphatic rings. The van der Waals surface area contributed by atoms with Crippen LogP contribution in [0.3, 0.4) is 0 Å². The number of hydrogen-bond acceptors (Lipinski definition) is 10. The number of aliphatic hydroxyl groups excluding tert-OH is 4. The van der Waals surface area contributed by atoms with Gasteiger partial charge in [0.25, 0.3) is 0 Å². The largest absolute Gasteiger partial charge is 0.394 e. The molecule has 2 saturated heterocycles. The summed E-state index contributed by atoms with van der Waals surface area (Å²) in [4.78, 5) is 35.3. The van der Waals surface area contributed by atoms with E-state index in [0.29, 0.717) is 25.9 Å². The average Bonchev–Trinajstić information content (AvgIpc) is 3.29. The minimum absolute atomic E-state index is 0.0188. The van der Waals surface area contributed by atoms with Crippen LogP contribution in [0.4, 0.5) is 0 Å². The zero-order chi connectivity index (χ0) is 25.8. The standard InChI is InChI=1S/C22H39N3O10/c1-13(28)25-19-21(32)20(31)16(12-27)35-22(19)33-9-3-8-23-17(29)4-2-5-18(30)24-10-14-6-7-15(11-26)34-14/h14-16,19-22,26-27,31-32H,2-12H2,1H3,(H,23,29)(H,24,30)(H,25,28)/t14-,15+,16-,19-,20+,21-,22-/m1/s1. The first kappa shape index (κ1) is 29.4. The quantitative estimate of drug-likeness (QED) is 0.122. The number of aliphatic hydroxyl groups is 4. The van der Waals surface area contributed by atoms with Crippen molar-refractivity contribution in [2.24, 2.45) is 0 Å². The van der Waals surface area contributed by atoms with Gasteiger partial charge in [0.2, 0.25) is 17.7 Å². The van der Waals surface area contributed by atoms with Crippen LogP contribution in [0, 0.1) is 0 Å². The van der Waals surface area contributed by atoms with E-state index in [1.165, 1.54) is 6.92 Å². The molecule has 0 spiro atoms. The van der Waals surface area contributed by atoms with Crippen molar-refractivity contribution in [1.29, 1.82) is 0 Å². The molecule has 0 radical (unpaired) electrons. The summed E-state index contributed by atoms with van der Waals surface area (Å²) in [5.41, 5.74) is 0. The SMILES string of the molecule is CC(=O)N[C@H]1[C@H](OCCCNC(=O)CCCC(=O)NC[C@H]2CC[C@@H](CO)O2)O[C@H](CO)[C@H](O)[C@@H]1O. The second-order valence-electron chi connectivity index (χ2n) is 8.80. The van der Waals surface area contributed by atoms with Gasteiger partial charge >= 0.3 is 0 Å². The first-order valence-corrected chi connectivity index (χ1v) is 12.1. The molecule has 13 heteroatoms. The Hall–Kier alpha value is -1.87. The molecule has 3 amide bonds. The number of carbonyl (C=O) groups excluding carboxylic acids is 3. The maximum atomic E-state index is 12.0. The predicted octanol–water partition coefficient (Wildman–Crippen LogP) is -2.72. The van der Waals surface area contributed by atoms with Crippen molar-refractivity contribution in [2.45, 2.75) is 88.3 Å². The van der Waals surface area contributed by atoms with E-state index < -0.39 is 43.2 Å². The third-order valence-corrected chi connectivity index (χ3v) is 5.91. The van der Waals surface area contributed by atoms with E-state index in [1.54, 1.807) is 0 Å². The third-order valence-electron chi connectivity index (χ3n) is 5.91. The van der Waals surface area contributed by atoms with Crippen LogP contribution in [-0.2, 0) is 28.6 Å². The van der Waals surface area contributed by atoms with Gasteiger partial charge in [-0.2, -0.15) is 0 Å². The Morgan fingerprint density at radius 1 is 0.914 bits per heavy atom. The van der Waals surface area contributed by atoms with Crippen molar-refractivity contribution in [3.63, 3.8) is 0 Å². The van der Waals surface area contributed by atoms with Crippen LogP contribution >= 0.6 is 0 Å². The summed E-state index contributed by atoms with van der Waals surface area (Å²) < 4.78 is 16.6. The van der Waals surface area contributed by atoms with Gasteiger partial charge in [-0.25, -0.2) is 0 Å². The van der Waals surface area contributed by atoms with E-state index in [9.17, 15) is 29.7 Å². The van der Waals surface area contributed by atoms with E-state index in [-0.39, 0.29) is 50.1 Å². The summed E-state index contributed by atoms with van der Waals surface area (Å²) in [6.07, 6.45) is -2.34. The molecule has 7 N–H and O–H groups in total. The van der Waals surface area contributed by atoms with Crippen molar-refractivity contribution in [3.05, 3.63) is 0 Å². The van der Waals surface area contributed by atoms with Gasteiger partial charge in [-0.15, -0.1) is 0 Å². The fourth-order valence-electron chi connectivity index (χ4n) is 3.99. The van der Waals surface area contributed by atoms with Crippen LogP contribution in [0.1, 0.15) is 45.4 Å². The molecule has 7 atom stereocenters. The average molecular weight is 506 g/mol. The first-order valence-electron chi connectivity index (χ1n) is 12.1. The van der Waals surface area contributed by atoms with Gasteiger partial charge in [-0.3, -0.25) is 14.4 Å². The minimum atomic E-state index is -1.38. The van der Waals surface area contributed by atoms with Crippen molar-refractivity contribution >= 4 is 17.7 Å².